The average molecular weight is 410 g/mol. The van der Waals surface area contributed by atoms with Crippen LogP contribution in [0.5, 0.6) is 5.75 Å². The Morgan fingerprint density at radius 2 is 1.30 bits per heavy atom. The molecule has 0 saturated carbocycles. The van der Waals surface area contributed by atoms with Gasteiger partial charge in [0.25, 0.3) is 0 Å². The lowest BCUT2D eigenvalue weighted by atomic mass is 9.99. The zero-order valence-corrected chi connectivity index (χ0v) is 17.0. The van der Waals surface area contributed by atoms with Gasteiger partial charge < -0.3 is 4.74 Å². The van der Waals surface area contributed by atoms with Gasteiger partial charge in [-0.05, 0) is 59.2 Å². The first kappa shape index (κ1) is 21.7. The maximum atomic E-state index is 14.0. The largest absolute Gasteiger partial charge is 0.432 e. The molecule has 0 bridgehead atoms. The molecule has 156 valence electrons. The van der Waals surface area contributed by atoms with Crippen LogP contribution in [0, 0.1) is 5.82 Å². The Kier molecular flexibility index (Phi) is 7.72. The Bertz CT molecular complexity index is 961. The van der Waals surface area contributed by atoms with Crippen molar-refractivity contribution in [2.75, 3.05) is 0 Å². The van der Waals surface area contributed by atoms with E-state index in [0.717, 1.165) is 36.0 Å². The molecule has 0 unspecified atom stereocenters. The van der Waals surface area contributed by atoms with E-state index in [2.05, 4.69) is 48.1 Å². The van der Waals surface area contributed by atoms with E-state index in [0.29, 0.717) is 5.56 Å². The van der Waals surface area contributed by atoms with Gasteiger partial charge in [-0.15, -0.1) is 0 Å². The minimum Gasteiger partial charge on any atom is -0.432 e. The van der Waals surface area contributed by atoms with Crippen molar-refractivity contribution in [2.24, 2.45) is 0 Å². The van der Waals surface area contributed by atoms with Crippen molar-refractivity contribution >= 4 is 0 Å². The molecule has 0 saturated heterocycles. The fourth-order valence-corrected chi connectivity index (χ4v) is 3.24. The summed E-state index contributed by atoms with van der Waals surface area (Å²) in [6.45, 7) is -0.872. The lowest BCUT2D eigenvalue weighted by molar-refractivity contribution is -0.0521. The Balaban J connectivity index is 1.66. The smallest absolute Gasteiger partial charge is 0.387 e. The molecular weight excluding hydrogens is 385 g/mol. The molecule has 3 aromatic rings. The first-order chi connectivity index (χ1) is 14.6. The van der Waals surface area contributed by atoms with E-state index < -0.39 is 18.2 Å². The van der Waals surface area contributed by atoms with Crippen molar-refractivity contribution in [2.45, 2.75) is 39.2 Å². The van der Waals surface area contributed by atoms with Gasteiger partial charge in [-0.3, -0.25) is 0 Å². The highest BCUT2D eigenvalue weighted by Gasteiger charge is 2.11. The van der Waals surface area contributed by atoms with Crippen LogP contribution in [-0.2, 0) is 6.42 Å². The summed E-state index contributed by atoms with van der Waals surface area (Å²) in [5, 5.41) is 0. The maximum absolute atomic E-state index is 14.0. The summed E-state index contributed by atoms with van der Waals surface area (Å²) in [5.41, 5.74) is 4.88. The van der Waals surface area contributed by atoms with Gasteiger partial charge in [0.05, 0.1) is 0 Å². The van der Waals surface area contributed by atoms with Crippen LogP contribution in [0.15, 0.2) is 78.9 Å². The molecule has 0 N–H and O–H groups in total. The topological polar surface area (TPSA) is 9.23 Å². The lowest BCUT2D eigenvalue weighted by Gasteiger charge is -2.09. The quantitative estimate of drug-likeness (QED) is 0.324. The zero-order valence-electron chi connectivity index (χ0n) is 17.0. The summed E-state index contributed by atoms with van der Waals surface area (Å²) in [5.74, 6) is -1.26. The van der Waals surface area contributed by atoms with Crippen molar-refractivity contribution in [3.05, 3.63) is 90.3 Å². The van der Waals surface area contributed by atoms with E-state index in [1.165, 1.54) is 24.1 Å². The molecule has 1 nitrogen and oxygen atoms in total. The van der Waals surface area contributed by atoms with Crippen LogP contribution in [0.4, 0.5) is 13.2 Å². The van der Waals surface area contributed by atoms with Crippen LogP contribution in [0.1, 0.15) is 31.7 Å². The molecule has 4 heteroatoms. The maximum Gasteiger partial charge on any atom is 0.387 e. The van der Waals surface area contributed by atoms with Crippen molar-refractivity contribution < 1.29 is 17.9 Å². The van der Waals surface area contributed by atoms with E-state index in [4.69, 9.17) is 0 Å². The predicted molar refractivity (Wildman–Crippen MR) is 116 cm³/mol. The van der Waals surface area contributed by atoms with Gasteiger partial charge in [0.15, 0.2) is 11.6 Å². The molecule has 0 fully saturated rings. The predicted octanol–water partition coefficient (Wildman–Crippen LogP) is 8.05. The van der Waals surface area contributed by atoms with Crippen LogP contribution in [0.25, 0.3) is 22.3 Å². The van der Waals surface area contributed by atoms with Gasteiger partial charge >= 0.3 is 6.61 Å². The number of halogens is 3. The van der Waals surface area contributed by atoms with Crippen LogP contribution in [0.3, 0.4) is 0 Å². The van der Waals surface area contributed by atoms with Crippen molar-refractivity contribution in [1.29, 1.82) is 0 Å². The molecule has 0 aliphatic rings. The molecule has 0 aliphatic heterocycles. The van der Waals surface area contributed by atoms with E-state index in [9.17, 15) is 13.2 Å². The van der Waals surface area contributed by atoms with Gasteiger partial charge in [0.1, 0.15) is 0 Å². The SMILES string of the molecule is CCCC=CCCc1ccc(-c2ccc(-c3ccc(OC(F)F)c(F)c3)cc2)cc1. The first-order valence-corrected chi connectivity index (χ1v) is 10.2. The van der Waals surface area contributed by atoms with Crippen molar-refractivity contribution in [3.8, 4) is 28.0 Å². The summed E-state index contributed by atoms with van der Waals surface area (Å²) >= 11 is 0. The molecule has 0 atom stereocenters. The third-order valence-electron chi connectivity index (χ3n) is 4.88. The molecule has 0 radical (unpaired) electrons. The number of aryl methyl sites for hydroxylation is 1. The summed E-state index contributed by atoms with van der Waals surface area (Å²) < 4.78 is 42.7. The minimum atomic E-state index is -3.05. The van der Waals surface area contributed by atoms with Gasteiger partial charge in [-0.1, -0.05) is 80.1 Å². The molecular formula is C26H25F3O. The zero-order chi connectivity index (χ0) is 21.3. The molecule has 0 aromatic heterocycles. The molecule has 0 spiro atoms. The van der Waals surface area contributed by atoms with E-state index >= 15 is 0 Å². The van der Waals surface area contributed by atoms with Gasteiger partial charge in [0, 0.05) is 0 Å². The number of unbranched alkanes of at least 4 members (excludes halogenated alkanes) is 1. The van der Waals surface area contributed by atoms with Crippen molar-refractivity contribution in [3.63, 3.8) is 0 Å². The highest BCUT2D eigenvalue weighted by molar-refractivity contribution is 5.71. The second-order valence-corrected chi connectivity index (χ2v) is 7.10. The third-order valence-corrected chi connectivity index (χ3v) is 4.88. The van der Waals surface area contributed by atoms with E-state index in [-0.39, 0.29) is 0 Å². The van der Waals surface area contributed by atoms with Crippen LogP contribution in [-0.4, -0.2) is 6.61 Å². The molecule has 0 amide bonds. The number of benzene rings is 3. The Morgan fingerprint density at radius 3 is 1.87 bits per heavy atom. The number of rotatable bonds is 9. The Labute approximate surface area is 175 Å². The number of hydrogen-bond acceptors (Lipinski definition) is 1. The number of ether oxygens (including phenoxy) is 1. The number of allylic oxidation sites excluding steroid dienone is 2. The average Bonchev–Trinajstić information content (AvgIpc) is 2.75. The van der Waals surface area contributed by atoms with E-state index in [1.54, 1.807) is 6.07 Å². The van der Waals surface area contributed by atoms with Gasteiger partial charge in [-0.25, -0.2) is 4.39 Å². The molecule has 3 rings (SSSR count). The lowest BCUT2D eigenvalue weighted by Crippen LogP contribution is -2.03. The van der Waals surface area contributed by atoms with Crippen LogP contribution >= 0.6 is 0 Å². The highest BCUT2D eigenvalue weighted by atomic mass is 19.3. The second kappa shape index (κ2) is 10.7. The van der Waals surface area contributed by atoms with Crippen LogP contribution < -0.4 is 4.74 Å². The van der Waals surface area contributed by atoms with Gasteiger partial charge in [-0.2, -0.15) is 8.78 Å². The summed E-state index contributed by atoms with van der Waals surface area (Å²) in [7, 11) is 0. The molecule has 0 aliphatic carbocycles. The standard InChI is InChI=1S/C26H25F3O/c1-2-3-4-5-6-7-19-8-10-20(11-9-19)21-12-14-22(15-13-21)23-16-17-25(24(27)18-23)30-26(28)29/h4-5,8-18,26H,2-3,6-7H2,1H3. The fraction of sp³-hybridized carbons (Fsp3) is 0.231. The Morgan fingerprint density at radius 1 is 0.767 bits per heavy atom. The fourth-order valence-electron chi connectivity index (χ4n) is 3.24. The van der Waals surface area contributed by atoms with Gasteiger partial charge in [0.2, 0.25) is 0 Å². The summed E-state index contributed by atoms with van der Waals surface area (Å²) in [4.78, 5) is 0. The molecule has 0 heterocycles. The second-order valence-electron chi connectivity index (χ2n) is 7.10. The summed E-state index contributed by atoms with van der Waals surface area (Å²) in [6.07, 6.45) is 8.86. The summed E-state index contributed by atoms with van der Waals surface area (Å²) in [6, 6.07) is 20.2. The molecule has 30 heavy (non-hydrogen) atoms. The monoisotopic (exact) mass is 410 g/mol. The molecule has 3 aromatic carbocycles. The third kappa shape index (κ3) is 5.99. The number of hydrogen-bond donors (Lipinski definition) is 0. The number of alkyl halides is 2. The van der Waals surface area contributed by atoms with Crippen molar-refractivity contribution in [1.82, 2.24) is 0 Å². The first-order valence-electron chi connectivity index (χ1n) is 10.2. The Hall–Kier alpha value is -3.01. The van der Waals surface area contributed by atoms with E-state index in [1.807, 2.05) is 24.3 Å². The highest BCUT2D eigenvalue weighted by Crippen LogP contribution is 2.29. The van der Waals surface area contributed by atoms with Crippen LogP contribution in [0.2, 0.25) is 0 Å². The normalized spacial score (nSPS) is 11.4. The minimum absolute atomic E-state index is 0.452.